The second kappa shape index (κ2) is 20.0. The van der Waals surface area contributed by atoms with Crippen molar-refractivity contribution in [2.45, 2.75) is 130 Å². The molecule has 4 bridgehead atoms. The summed E-state index contributed by atoms with van der Waals surface area (Å²) in [5.74, 6) is -4.20. The largest absolute Gasteiger partial charge is 0.455 e. The van der Waals surface area contributed by atoms with Crippen LogP contribution in [0.2, 0.25) is 0 Å². The summed E-state index contributed by atoms with van der Waals surface area (Å²) in [4.78, 5) is 59.1. The van der Waals surface area contributed by atoms with Crippen LogP contribution in [-0.4, -0.2) is 131 Å². The van der Waals surface area contributed by atoms with Gasteiger partial charge < -0.3 is 23.5 Å². The molecule has 4 saturated carbocycles. The highest BCUT2D eigenvalue weighted by Crippen LogP contribution is 2.68. The minimum atomic E-state index is -4.44. The SMILES string of the molecule is [B]Cc1cc(C[B])c(C[B])c(C(=O)OC23CC4(OC(=O)c5cc(C[B])cc(C[B])c5C[B])CC(OC(=O)c5c(C[B])ccc(C[B])c5C[B])(C2)CC(C(=O)OC(C)C(F)(F)S(=O)O)(C3)C4)c1. The minimum absolute atomic E-state index is 0.000741. The second-order valence-electron chi connectivity index (χ2n) is 17.6. The van der Waals surface area contributed by atoms with E-state index in [-0.39, 0.29) is 92.8 Å². The lowest BCUT2D eigenvalue weighted by molar-refractivity contribution is -0.279. The smallest absolute Gasteiger partial charge is 0.380 e. The first kappa shape index (κ1) is 51.5. The molecular formula is C44H41B9F2O10S. The molecule has 4 aliphatic rings. The van der Waals surface area contributed by atoms with Crippen molar-refractivity contribution in [3.63, 3.8) is 0 Å². The van der Waals surface area contributed by atoms with Crippen molar-refractivity contribution in [1.29, 1.82) is 0 Å². The van der Waals surface area contributed by atoms with Crippen LogP contribution < -0.4 is 0 Å². The van der Waals surface area contributed by atoms with Gasteiger partial charge in [-0.15, -0.1) is 0 Å². The molecule has 3 aromatic rings. The van der Waals surface area contributed by atoms with Gasteiger partial charge in [0.25, 0.3) is 0 Å². The van der Waals surface area contributed by atoms with Crippen LogP contribution in [0.25, 0.3) is 0 Å². The molecule has 324 valence electrons. The van der Waals surface area contributed by atoms with Gasteiger partial charge in [-0.25, -0.2) is 18.6 Å². The van der Waals surface area contributed by atoms with Crippen LogP contribution in [0, 0.1) is 5.41 Å². The van der Waals surface area contributed by atoms with Gasteiger partial charge in [-0.05, 0) is 41.3 Å². The maximum Gasteiger partial charge on any atom is 0.380 e. The van der Waals surface area contributed by atoms with E-state index in [0.717, 1.165) is 6.92 Å². The Morgan fingerprint density at radius 1 is 0.591 bits per heavy atom. The van der Waals surface area contributed by atoms with Crippen LogP contribution in [-0.2, 0) is 91.7 Å². The van der Waals surface area contributed by atoms with Gasteiger partial charge in [-0.1, -0.05) is 109 Å². The van der Waals surface area contributed by atoms with Crippen LogP contribution in [0.3, 0.4) is 0 Å². The molecule has 1 N–H and O–H groups in total. The first-order valence-corrected chi connectivity index (χ1v) is 22.5. The summed E-state index contributed by atoms with van der Waals surface area (Å²) < 4.78 is 76.3. The number of hydrogen-bond donors (Lipinski definition) is 1. The van der Waals surface area contributed by atoms with E-state index in [4.69, 9.17) is 89.6 Å². The lowest BCUT2D eigenvalue weighted by Crippen LogP contribution is -2.73. The first-order valence-electron chi connectivity index (χ1n) is 21.3. The van der Waals surface area contributed by atoms with Crippen molar-refractivity contribution in [2.24, 2.45) is 5.41 Å². The van der Waals surface area contributed by atoms with E-state index in [2.05, 4.69) is 0 Å². The molecule has 4 aliphatic carbocycles. The van der Waals surface area contributed by atoms with Crippen molar-refractivity contribution < 1.29 is 55.7 Å². The van der Waals surface area contributed by atoms with Crippen molar-refractivity contribution in [2.75, 3.05) is 0 Å². The number of rotatable bonds is 19. The van der Waals surface area contributed by atoms with Crippen molar-refractivity contribution >= 4 is 106 Å². The molecule has 10 nitrogen and oxygen atoms in total. The van der Waals surface area contributed by atoms with Crippen LogP contribution in [0.15, 0.2) is 36.4 Å². The Kier molecular flexibility index (Phi) is 15.6. The highest BCUT2D eigenvalue weighted by atomic mass is 32.2. The van der Waals surface area contributed by atoms with Gasteiger partial charge >= 0.3 is 29.1 Å². The van der Waals surface area contributed by atoms with Crippen LogP contribution in [0.5, 0.6) is 0 Å². The molecule has 0 aromatic heterocycles. The van der Waals surface area contributed by atoms with Gasteiger partial charge in [0.1, 0.15) is 16.8 Å². The maximum atomic E-state index is 15.1. The monoisotopic (exact) mass is 898 g/mol. The number of halogens is 2. The zero-order valence-electron chi connectivity index (χ0n) is 36.6. The summed E-state index contributed by atoms with van der Waals surface area (Å²) in [5.41, 5.74) is -3.83. The van der Waals surface area contributed by atoms with Gasteiger partial charge in [-0.2, -0.15) is 8.78 Å². The van der Waals surface area contributed by atoms with E-state index in [1.165, 1.54) is 12.1 Å². The third kappa shape index (κ3) is 9.57. The van der Waals surface area contributed by atoms with E-state index < -0.39 is 87.8 Å². The quantitative estimate of drug-likeness (QED) is 0.0827. The molecule has 7 rings (SSSR count). The van der Waals surface area contributed by atoms with Gasteiger partial charge in [0.15, 0.2) is 6.10 Å². The number of benzene rings is 3. The Bertz CT molecular complexity index is 2350. The fourth-order valence-corrected chi connectivity index (χ4v) is 11.1. The Labute approximate surface area is 398 Å². The lowest BCUT2D eigenvalue weighted by atomic mass is 9.44. The predicted octanol–water partition coefficient (Wildman–Crippen LogP) is 2.90. The Morgan fingerprint density at radius 3 is 1.35 bits per heavy atom. The standard InChI is InChI=1S/C44H41B9F2O10S/c1-23(44(54,55)66(60)61)62-39(59)40-17-41(63-36(56)30-6-24(8-45)4-28(12-49)32(30)14-51)20-42(18-40,64-37(57)31-7-25(9-46)5-29(13-50)33(31)15-52)22-43(19-40,21-41)65-38(58)35-27(11-48)3-2-26(10-47)34(35)16-53/h2-7,23H,8-22H2,1H3,(H,60,61). The maximum absolute atomic E-state index is 15.1. The number of carbonyl (C=O) groups excluding carboxylic acids is 4. The molecule has 18 radical (unpaired) electrons. The van der Waals surface area contributed by atoms with Crippen molar-refractivity contribution in [3.05, 3.63) is 103 Å². The van der Waals surface area contributed by atoms with E-state index in [1.807, 2.05) is 0 Å². The highest BCUT2D eigenvalue weighted by molar-refractivity contribution is 7.80. The van der Waals surface area contributed by atoms with Crippen molar-refractivity contribution in [1.82, 2.24) is 0 Å². The fourth-order valence-electron chi connectivity index (χ4n) is 10.8. The van der Waals surface area contributed by atoms with Gasteiger partial charge in [-0.3, -0.25) is 4.79 Å². The van der Waals surface area contributed by atoms with Crippen LogP contribution >= 0.6 is 0 Å². The molecule has 0 aliphatic heterocycles. The molecule has 0 heterocycles. The molecule has 0 saturated heterocycles. The average Bonchev–Trinajstić information content (AvgIpc) is 3.28. The number of alkyl halides is 2. The summed E-state index contributed by atoms with van der Waals surface area (Å²) >= 11 is -3.78. The van der Waals surface area contributed by atoms with Crippen molar-refractivity contribution in [3.8, 4) is 0 Å². The van der Waals surface area contributed by atoms with E-state index in [9.17, 15) is 27.9 Å². The Hall–Kier alpha value is -3.91. The molecule has 4 fully saturated rings. The van der Waals surface area contributed by atoms with Crippen LogP contribution in [0.1, 0.15) is 127 Å². The molecule has 4 atom stereocenters. The second-order valence-corrected chi connectivity index (χ2v) is 18.6. The zero-order chi connectivity index (χ0) is 48.6. The van der Waals surface area contributed by atoms with E-state index in [0.29, 0.717) is 50.1 Å². The van der Waals surface area contributed by atoms with Gasteiger partial charge in [0.2, 0.25) is 11.1 Å². The molecule has 22 heteroatoms. The Morgan fingerprint density at radius 2 is 0.985 bits per heavy atom. The fraction of sp³-hybridized carbons (Fsp3) is 0.500. The number of carbonyl (C=O) groups is 4. The Balaban J connectivity index is 1.58. The summed E-state index contributed by atoms with van der Waals surface area (Å²) in [7, 11) is 54.7. The highest BCUT2D eigenvalue weighted by Gasteiger charge is 2.75. The van der Waals surface area contributed by atoms with Gasteiger partial charge in [0, 0.05) is 38.5 Å². The van der Waals surface area contributed by atoms with E-state index >= 15 is 8.78 Å². The average molecular weight is 897 g/mol. The zero-order valence-corrected chi connectivity index (χ0v) is 37.4. The normalized spacial score (nSPS) is 24.0. The molecular weight excluding hydrogens is 856 g/mol. The summed E-state index contributed by atoms with van der Waals surface area (Å²) in [5, 5.41) is -4.44. The molecule has 4 unspecified atom stereocenters. The van der Waals surface area contributed by atoms with E-state index in [1.54, 1.807) is 24.3 Å². The minimum Gasteiger partial charge on any atom is -0.455 e. The molecule has 3 aromatic carbocycles. The summed E-state index contributed by atoms with van der Waals surface area (Å²) in [6, 6.07) is 9.63. The third-order valence-electron chi connectivity index (χ3n) is 13.2. The predicted molar refractivity (Wildman–Crippen MR) is 250 cm³/mol. The lowest BCUT2D eigenvalue weighted by Gasteiger charge is -2.66. The number of hydrogen-bond acceptors (Lipinski definition) is 9. The molecule has 0 amide bonds. The van der Waals surface area contributed by atoms with Crippen LogP contribution in [0.4, 0.5) is 8.78 Å². The number of ether oxygens (including phenoxy) is 4. The summed E-state index contributed by atoms with van der Waals surface area (Å²) in [6.45, 7) is 0.739. The van der Waals surface area contributed by atoms with Gasteiger partial charge in [0.05, 0.1) is 92.7 Å². The molecule has 0 spiro atoms. The summed E-state index contributed by atoms with van der Waals surface area (Å²) in [6.07, 6.45) is -5.28. The molecule has 66 heavy (non-hydrogen) atoms. The third-order valence-corrected chi connectivity index (χ3v) is 14.0. The topological polar surface area (TPSA) is 142 Å². The first-order chi connectivity index (χ1) is 31.2. The number of esters is 4.